The van der Waals surface area contributed by atoms with Gasteiger partial charge in [0.25, 0.3) is 0 Å². The molecule has 0 bridgehead atoms. The second-order valence-electron chi connectivity index (χ2n) is 10.8. The Morgan fingerprint density at radius 1 is 0.804 bits per heavy atom. The van der Waals surface area contributed by atoms with Crippen molar-refractivity contribution in [3.05, 3.63) is 52.6 Å². The maximum absolute atomic E-state index is 13.4. The van der Waals surface area contributed by atoms with E-state index in [9.17, 15) is 29.4 Å². The molecule has 3 aromatic rings. The maximum Gasteiger partial charge on any atom is 0.339 e. The van der Waals surface area contributed by atoms with E-state index < -0.39 is 61.7 Å². The lowest BCUT2D eigenvalue weighted by molar-refractivity contribution is -0.259. The van der Waals surface area contributed by atoms with E-state index in [-0.39, 0.29) is 31.3 Å². The van der Waals surface area contributed by atoms with Gasteiger partial charge in [0.1, 0.15) is 12.4 Å². The Kier molecular flexibility index (Phi) is 8.42. The first-order valence-electron chi connectivity index (χ1n) is 14.3. The molecule has 1 saturated heterocycles. The molecule has 3 aliphatic rings. The highest BCUT2D eigenvalue weighted by molar-refractivity contribution is 6.13. The van der Waals surface area contributed by atoms with Crippen LogP contribution in [-0.4, -0.2) is 72.1 Å². The number of esters is 4. The number of rotatable bonds is 8. The molecule has 3 aliphatic heterocycles. The molecule has 1 unspecified atom stereocenters. The summed E-state index contributed by atoms with van der Waals surface area (Å²) in [6.07, 6.45) is -5.26. The number of ether oxygens (including phenoxy) is 8. The van der Waals surface area contributed by atoms with E-state index in [1.54, 1.807) is 30.3 Å². The van der Waals surface area contributed by atoms with Crippen LogP contribution < -0.4 is 14.2 Å². The Hall–Kier alpha value is -4.92. The lowest BCUT2D eigenvalue weighted by Crippen LogP contribution is -2.59. The van der Waals surface area contributed by atoms with E-state index in [1.807, 2.05) is 0 Å². The molecule has 242 valence electrons. The highest BCUT2D eigenvalue weighted by Crippen LogP contribution is 2.48. The Labute approximate surface area is 261 Å². The smallest absolute Gasteiger partial charge is 0.339 e. The van der Waals surface area contributed by atoms with Crippen LogP contribution >= 0.6 is 0 Å². The number of aliphatic hydroxyl groups excluding tert-OH is 2. The van der Waals surface area contributed by atoms with Gasteiger partial charge < -0.3 is 48.1 Å². The molecular weight excluding hydrogens is 608 g/mol. The minimum Gasteiger partial charge on any atom is -0.460 e. The van der Waals surface area contributed by atoms with E-state index in [1.165, 1.54) is 6.92 Å². The lowest BCUT2D eigenvalue weighted by atomic mass is 9.87. The molecule has 2 N–H and O–H groups in total. The predicted octanol–water partition coefficient (Wildman–Crippen LogP) is 2.42. The Bertz CT molecular complexity index is 1750. The molecule has 46 heavy (non-hydrogen) atoms. The average Bonchev–Trinajstić information content (AvgIpc) is 3.64. The minimum absolute atomic E-state index is 0.0402. The molecule has 0 amide bonds. The molecule has 3 aromatic carbocycles. The van der Waals surface area contributed by atoms with Crippen LogP contribution in [-0.2, 0) is 57.9 Å². The van der Waals surface area contributed by atoms with Gasteiger partial charge in [-0.15, -0.1) is 0 Å². The second-order valence-corrected chi connectivity index (χ2v) is 10.8. The summed E-state index contributed by atoms with van der Waals surface area (Å²) < 4.78 is 45.1. The first-order valence-corrected chi connectivity index (χ1v) is 14.3. The second kappa shape index (κ2) is 12.5. The van der Waals surface area contributed by atoms with Crippen LogP contribution in [0.5, 0.6) is 17.2 Å². The van der Waals surface area contributed by atoms with Crippen molar-refractivity contribution >= 4 is 34.6 Å². The highest BCUT2D eigenvalue weighted by atomic mass is 16.7. The van der Waals surface area contributed by atoms with Crippen molar-refractivity contribution in [2.45, 2.75) is 65.2 Å². The first kappa shape index (κ1) is 31.1. The van der Waals surface area contributed by atoms with Crippen LogP contribution in [0.2, 0.25) is 0 Å². The number of cyclic esters (lactones) is 1. The van der Waals surface area contributed by atoms with Crippen molar-refractivity contribution in [1.82, 2.24) is 0 Å². The fourth-order valence-corrected chi connectivity index (χ4v) is 5.93. The largest absolute Gasteiger partial charge is 0.460 e. The van der Waals surface area contributed by atoms with Gasteiger partial charge in [0, 0.05) is 37.3 Å². The molecule has 6 rings (SSSR count). The summed E-state index contributed by atoms with van der Waals surface area (Å²) in [6.45, 7) is 2.18. The van der Waals surface area contributed by atoms with Crippen molar-refractivity contribution < 1.29 is 67.3 Å². The molecular formula is C32H30O14. The van der Waals surface area contributed by atoms with Gasteiger partial charge in [-0.2, -0.15) is 0 Å². The summed E-state index contributed by atoms with van der Waals surface area (Å²) >= 11 is 0. The van der Waals surface area contributed by atoms with E-state index in [0.29, 0.717) is 50.1 Å². The van der Waals surface area contributed by atoms with Crippen molar-refractivity contribution in [2.75, 3.05) is 13.4 Å². The molecule has 4 atom stereocenters. The Morgan fingerprint density at radius 2 is 1.46 bits per heavy atom. The van der Waals surface area contributed by atoms with Crippen molar-refractivity contribution in [2.24, 2.45) is 0 Å². The van der Waals surface area contributed by atoms with Gasteiger partial charge in [0.2, 0.25) is 19.2 Å². The average molecular weight is 639 g/mol. The van der Waals surface area contributed by atoms with Crippen LogP contribution in [0.3, 0.4) is 0 Å². The number of hydrogen-bond acceptors (Lipinski definition) is 14. The quantitative estimate of drug-likeness (QED) is 0.271. The standard InChI is InChI=1S/C32H30O14/c1-14(35)43-25-12-40-32(30(45-16(3)37)29(25)44-15(2)36)46-28-21-7-19(10-34)18(9-33)6-20(21)26(27-22(28)11-39-31(27)38)17-4-5-23-24(8-17)42-13-41-23/h4-8,25,29-30,32-34H,9-13H2,1-3H3/t25-,29+,30-,32?/m1/s1. The van der Waals surface area contributed by atoms with E-state index in [4.69, 9.17) is 37.9 Å². The minimum atomic E-state index is -1.42. The summed E-state index contributed by atoms with van der Waals surface area (Å²) in [4.78, 5) is 49.5. The molecule has 1 fully saturated rings. The van der Waals surface area contributed by atoms with Gasteiger partial charge in [-0.05, 0) is 46.3 Å². The van der Waals surface area contributed by atoms with E-state index in [2.05, 4.69) is 0 Å². The van der Waals surface area contributed by atoms with E-state index in [0.717, 1.165) is 13.8 Å². The third kappa shape index (κ3) is 5.66. The van der Waals surface area contributed by atoms with Gasteiger partial charge >= 0.3 is 23.9 Å². The monoisotopic (exact) mass is 638 g/mol. The van der Waals surface area contributed by atoms with Crippen LogP contribution in [0.4, 0.5) is 0 Å². The molecule has 14 heteroatoms. The molecule has 3 heterocycles. The van der Waals surface area contributed by atoms with Crippen molar-refractivity contribution in [3.8, 4) is 28.4 Å². The van der Waals surface area contributed by atoms with Gasteiger partial charge in [0.15, 0.2) is 23.7 Å². The Balaban J connectivity index is 1.54. The number of benzene rings is 3. The van der Waals surface area contributed by atoms with Crippen molar-refractivity contribution in [1.29, 1.82) is 0 Å². The summed E-state index contributed by atoms with van der Waals surface area (Å²) in [7, 11) is 0. The summed E-state index contributed by atoms with van der Waals surface area (Å²) in [5, 5.41) is 21.2. The molecule has 0 radical (unpaired) electrons. The number of hydrogen-bond donors (Lipinski definition) is 2. The zero-order valence-corrected chi connectivity index (χ0v) is 25.0. The SMILES string of the molecule is CC(=O)O[C@H]1[C@H](OC(C)=O)COC(Oc2c3c(c(-c4ccc5c(c4)OCO5)c4cc(CO)c(CO)cc24)C(=O)OC3)[C@@H]1OC(C)=O. The first-order chi connectivity index (χ1) is 22.1. The zero-order chi connectivity index (χ0) is 32.7. The molecule has 0 aliphatic carbocycles. The third-order valence-corrected chi connectivity index (χ3v) is 7.77. The van der Waals surface area contributed by atoms with Gasteiger partial charge in [-0.3, -0.25) is 14.4 Å². The summed E-state index contributed by atoms with van der Waals surface area (Å²) in [5.41, 5.74) is 2.35. The van der Waals surface area contributed by atoms with E-state index >= 15 is 0 Å². The fourth-order valence-electron chi connectivity index (χ4n) is 5.93. The number of fused-ring (bicyclic) bond motifs is 3. The van der Waals surface area contributed by atoms with Crippen molar-refractivity contribution in [3.63, 3.8) is 0 Å². The number of carbonyl (C=O) groups is 4. The maximum atomic E-state index is 13.4. The predicted molar refractivity (Wildman–Crippen MR) is 154 cm³/mol. The summed E-state index contributed by atoms with van der Waals surface area (Å²) in [6, 6.07) is 8.45. The lowest BCUT2D eigenvalue weighted by Gasteiger charge is -2.40. The topological polar surface area (TPSA) is 183 Å². The summed E-state index contributed by atoms with van der Waals surface area (Å²) in [5.74, 6) is -1.70. The fraction of sp³-hybridized carbons (Fsp3) is 0.375. The van der Waals surface area contributed by atoms with Gasteiger partial charge in [-0.1, -0.05) is 6.07 Å². The van der Waals surface area contributed by atoms with Gasteiger partial charge in [-0.25, -0.2) is 4.79 Å². The molecule has 0 saturated carbocycles. The third-order valence-electron chi connectivity index (χ3n) is 7.77. The molecule has 0 spiro atoms. The Morgan fingerprint density at radius 3 is 2.13 bits per heavy atom. The van der Waals surface area contributed by atoms with Crippen LogP contribution in [0.1, 0.15) is 47.8 Å². The highest BCUT2D eigenvalue weighted by Gasteiger charge is 2.49. The van der Waals surface area contributed by atoms with Crippen LogP contribution in [0.15, 0.2) is 30.3 Å². The molecule has 0 aromatic heterocycles. The molecule has 14 nitrogen and oxygen atoms in total. The number of aliphatic hydroxyl groups is 2. The number of carbonyl (C=O) groups excluding carboxylic acids is 4. The normalized spacial score (nSPS) is 21.4. The van der Waals surface area contributed by atoms with Gasteiger partial charge in [0.05, 0.1) is 25.4 Å². The van der Waals surface area contributed by atoms with Crippen LogP contribution in [0.25, 0.3) is 21.9 Å². The zero-order valence-electron chi connectivity index (χ0n) is 25.0. The van der Waals surface area contributed by atoms with Crippen LogP contribution in [0, 0.1) is 0 Å².